The van der Waals surface area contributed by atoms with E-state index in [-0.39, 0.29) is 5.92 Å². The van der Waals surface area contributed by atoms with Crippen molar-refractivity contribution in [2.24, 2.45) is 7.05 Å². The third kappa shape index (κ3) is 3.02. The molecule has 0 aliphatic carbocycles. The summed E-state index contributed by atoms with van der Waals surface area (Å²) < 4.78 is 1.78. The van der Waals surface area contributed by atoms with Crippen molar-refractivity contribution in [1.29, 1.82) is 0 Å². The molecule has 0 radical (unpaired) electrons. The summed E-state index contributed by atoms with van der Waals surface area (Å²) in [5.74, 6) is 0.287. The average Bonchev–Trinajstić information content (AvgIpc) is 2.62. The van der Waals surface area contributed by atoms with Crippen molar-refractivity contribution in [2.75, 3.05) is 5.73 Å². The van der Waals surface area contributed by atoms with Crippen LogP contribution in [-0.2, 0) is 7.05 Å². The number of aryl methyl sites for hydroxylation is 1. The summed E-state index contributed by atoms with van der Waals surface area (Å²) in [6.45, 7) is 4.14. The fraction of sp³-hybridized carbons (Fsp3) is 0.308. The van der Waals surface area contributed by atoms with Gasteiger partial charge in [-0.2, -0.15) is 5.10 Å². The van der Waals surface area contributed by atoms with Crippen LogP contribution < -0.4 is 5.73 Å². The minimum Gasteiger partial charge on any atom is -0.395 e. The van der Waals surface area contributed by atoms with Crippen molar-refractivity contribution in [3.63, 3.8) is 0 Å². The molecule has 2 aromatic rings. The lowest BCUT2D eigenvalue weighted by Crippen LogP contribution is -1.94. The van der Waals surface area contributed by atoms with Crippen LogP contribution in [0.1, 0.15) is 25.5 Å². The van der Waals surface area contributed by atoms with Gasteiger partial charge >= 0.3 is 0 Å². The van der Waals surface area contributed by atoms with Gasteiger partial charge in [-0.1, -0.05) is 48.8 Å². The van der Waals surface area contributed by atoms with E-state index in [0.717, 1.165) is 15.6 Å². The van der Waals surface area contributed by atoms with Gasteiger partial charge in [-0.3, -0.25) is 4.68 Å². The fourth-order valence-corrected chi connectivity index (χ4v) is 3.17. The van der Waals surface area contributed by atoms with Crippen LogP contribution >= 0.6 is 35.0 Å². The standard InChI is InChI=1S/C13H15Cl2N3S/c1-7(2)12-11(16)13(18(3)17-12)19-10-6-8(14)4-5-9(10)15/h4-7H,16H2,1-3H3. The summed E-state index contributed by atoms with van der Waals surface area (Å²) in [5, 5.41) is 6.64. The predicted molar refractivity (Wildman–Crippen MR) is 82.3 cm³/mol. The number of benzene rings is 1. The molecule has 0 atom stereocenters. The highest BCUT2D eigenvalue weighted by atomic mass is 35.5. The number of nitrogens with two attached hydrogens (primary N) is 1. The molecule has 2 rings (SSSR count). The van der Waals surface area contributed by atoms with Gasteiger partial charge in [0.2, 0.25) is 0 Å². The van der Waals surface area contributed by atoms with Gasteiger partial charge in [-0.25, -0.2) is 0 Å². The Morgan fingerprint density at radius 3 is 2.58 bits per heavy atom. The summed E-state index contributed by atoms with van der Waals surface area (Å²) in [7, 11) is 1.88. The van der Waals surface area contributed by atoms with Gasteiger partial charge in [0, 0.05) is 17.0 Å². The van der Waals surface area contributed by atoms with Gasteiger partial charge < -0.3 is 5.73 Å². The van der Waals surface area contributed by atoms with E-state index in [1.54, 1.807) is 16.8 Å². The Morgan fingerprint density at radius 1 is 1.32 bits per heavy atom. The molecule has 1 aromatic carbocycles. The highest BCUT2D eigenvalue weighted by molar-refractivity contribution is 7.99. The number of anilines is 1. The molecule has 0 amide bonds. The molecule has 0 aliphatic heterocycles. The van der Waals surface area contributed by atoms with E-state index in [2.05, 4.69) is 18.9 Å². The molecule has 0 bridgehead atoms. The SMILES string of the molecule is CC(C)c1nn(C)c(Sc2cc(Cl)ccc2Cl)c1N. The molecule has 3 nitrogen and oxygen atoms in total. The molecule has 6 heteroatoms. The lowest BCUT2D eigenvalue weighted by molar-refractivity contribution is 0.671. The molecule has 1 heterocycles. The van der Waals surface area contributed by atoms with E-state index in [4.69, 9.17) is 28.9 Å². The highest BCUT2D eigenvalue weighted by Crippen LogP contribution is 2.39. The second kappa shape index (κ2) is 5.65. The quantitative estimate of drug-likeness (QED) is 0.901. The number of nitrogen functional groups attached to an aromatic ring is 1. The largest absolute Gasteiger partial charge is 0.395 e. The molecule has 1 aromatic heterocycles. The number of hydrogen-bond donors (Lipinski definition) is 1. The summed E-state index contributed by atoms with van der Waals surface area (Å²) in [6, 6.07) is 5.37. The maximum Gasteiger partial charge on any atom is 0.122 e. The average molecular weight is 316 g/mol. The smallest absolute Gasteiger partial charge is 0.122 e. The molecular weight excluding hydrogens is 301 g/mol. The van der Waals surface area contributed by atoms with Crippen molar-refractivity contribution in [3.05, 3.63) is 33.9 Å². The van der Waals surface area contributed by atoms with Gasteiger partial charge in [0.25, 0.3) is 0 Å². The Hall–Kier alpha value is -0.840. The number of nitrogens with zero attached hydrogens (tertiary/aromatic N) is 2. The Bertz CT molecular complexity index is 608. The van der Waals surface area contributed by atoms with Crippen LogP contribution in [0.4, 0.5) is 5.69 Å². The lowest BCUT2D eigenvalue weighted by atomic mass is 10.1. The second-order valence-corrected chi connectivity index (χ2v) is 6.43. The van der Waals surface area contributed by atoms with Crippen LogP contribution in [0.15, 0.2) is 28.1 Å². The van der Waals surface area contributed by atoms with Gasteiger partial charge in [0.05, 0.1) is 16.4 Å². The van der Waals surface area contributed by atoms with E-state index < -0.39 is 0 Å². The first-order valence-corrected chi connectivity index (χ1v) is 7.42. The molecule has 0 saturated heterocycles. The maximum atomic E-state index is 6.17. The number of hydrogen-bond acceptors (Lipinski definition) is 3. The van der Waals surface area contributed by atoms with Crippen molar-refractivity contribution < 1.29 is 0 Å². The summed E-state index contributed by atoms with van der Waals surface area (Å²) in [4.78, 5) is 0.874. The predicted octanol–water partition coefficient (Wildman–Crippen LogP) is 4.58. The van der Waals surface area contributed by atoms with Gasteiger partial charge in [-0.05, 0) is 24.1 Å². The molecule has 0 unspecified atom stereocenters. The van der Waals surface area contributed by atoms with Gasteiger partial charge in [0.15, 0.2) is 0 Å². The van der Waals surface area contributed by atoms with Gasteiger partial charge in [-0.15, -0.1) is 0 Å². The Balaban J connectivity index is 2.41. The number of aromatic nitrogens is 2. The lowest BCUT2D eigenvalue weighted by Gasteiger charge is -2.06. The molecule has 102 valence electrons. The van der Waals surface area contributed by atoms with E-state index in [1.165, 1.54) is 11.8 Å². The minimum atomic E-state index is 0.287. The highest BCUT2D eigenvalue weighted by Gasteiger charge is 2.17. The second-order valence-electron chi connectivity index (χ2n) is 4.56. The van der Waals surface area contributed by atoms with Crippen LogP contribution in [0.3, 0.4) is 0 Å². The molecule has 0 saturated carbocycles. The molecule has 0 fully saturated rings. The summed E-state index contributed by atoms with van der Waals surface area (Å²) in [5.41, 5.74) is 7.77. The normalized spacial score (nSPS) is 11.3. The first-order valence-electron chi connectivity index (χ1n) is 5.85. The topological polar surface area (TPSA) is 43.8 Å². The zero-order valence-corrected chi connectivity index (χ0v) is 13.3. The summed E-state index contributed by atoms with van der Waals surface area (Å²) >= 11 is 13.6. The van der Waals surface area contributed by atoms with Crippen molar-refractivity contribution in [2.45, 2.75) is 29.7 Å². The number of rotatable bonds is 3. The molecule has 0 spiro atoms. The van der Waals surface area contributed by atoms with E-state index in [9.17, 15) is 0 Å². The van der Waals surface area contributed by atoms with Gasteiger partial charge in [0.1, 0.15) is 5.03 Å². The van der Waals surface area contributed by atoms with E-state index in [0.29, 0.717) is 15.7 Å². The zero-order valence-electron chi connectivity index (χ0n) is 10.9. The van der Waals surface area contributed by atoms with Crippen molar-refractivity contribution in [1.82, 2.24) is 9.78 Å². The van der Waals surface area contributed by atoms with Crippen molar-refractivity contribution >= 4 is 40.7 Å². The van der Waals surface area contributed by atoms with E-state index >= 15 is 0 Å². The van der Waals surface area contributed by atoms with Crippen LogP contribution in [0.2, 0.25) is 10.0 Å². The molecule has 0 aliphatic rings. The first-order chi connectivity index (χ1) is 8.90. The zero-order chi connectivity index (χ0) is 14.2. The monoisotopic (exact) mass is 315 g/mol. The van der Waals surface area contributed by atoms with Crippen LogP contribution in [-0.4, -0.2) is 9.78 Å². The summed E-state index contributed by atoms with van der Waals surface area (Å²) in [6.07, 6.45) is 0. The van der Waals surface area contributed by atoms with Crippen LogP contribution in [0, 0.1) is 0 Å². The molecule has 2 N–H and O–H groups in total. The first kappa shape index (κ1) is 14.6. The Labute approximate surface area is 127 Å². The number of halogens is 2. The Kier molecular flexibility index (Phi) is 4.33. The Morgan fingerprint density at radius 2 is 2.00 bits per heavy atom. The minimum absolute atomic E-state index is 0.287. The third-order valence-electron chi connectivity index (χ3n) is 2.70. The molecule has 19 heavy (non-hydrogen) atoms. The van der Waals surface area contributed by atoms with Crippen molar-refractivity contribution in [3.8, 4) is 0 Å². The fourth-order valence-electron chi connectivity index (χ4n) is 1.75. The third-order valence-corrected chi connectivity index (χ3v) is 4.62. The maximum absolute atomic E-state index is 6.17. The van der Waals surface area contributed by atoms with Crippen LogP contribution in [0.5, 0.6) is 0 Å². The van der Waals surface area contributed by atoms with Crippen LogP contribution in [0.25, 0.3) is 0 Å². The molecular formula is C13H15Cl2N3S. The van der Waals surface area contributed by atoms with E-state index in [1.807, 2.05) is 13.1 Å².